The number of sulfonamides is 1. The second-order valence-corrected chi connectivity index (χ2v) is 12.0. The number of nitrogens with two attached hydrogens (primary N) is 1. The van der Waals surface area contributed by atoms with E-state index in [1.165, 1.54) is 18.2 Å². The fourth-order valence-electron chi connectivity index (χ4n) is 3.90. The third-order valence-corrected chi connectivity index (χ3v) is 8.58. The normalized spacial score (nSPS) is 20.7. The number of carbonyl (C=O) groups excluding carboxylic acids is 1. The van der Waals surface area contributed by atoms with Crippen molar-refractivity contribution in [3.8, 4) is 0 Å². The monoisotopic (exact) mass is 520 g/mol. The molecule has 1 unspecified atom stereocenters. The molecule has 1 heterocycles. The number of carbonyl (C=O) groups is 1. The number of hydrogen-bond acceptors (Lipinski definition) is 7. The summed E-state index contributed by atoms with van der Waals surface area (Å²) in [6.45, 7) is 0.126. The predicted octanol–water partition coefficient (Wildman–Crippen LogP) is 2.34. The molecule has 13 heteroatoms. The average molecular weight is 521 g/mol. The first kappa shape index (κ1) is 26.1. The van der Waals surface area contributed by atoms with E-state index in [4.69, 9.17) is 5.73 Å². The minimum atomic E-state index is -5.26. The highest BCUT2D eigenvalue weighted by Gasteiger charge is 2.43. The summed E-state index contributed by atoms with van der Waals surface area (Å²) in [5, 5.41) is 0. The van der Waals surface area contributed by atoms with E-state index in [1.54, 1.807) is 0 Å². The molecule has 1 fully saturated rings. The molecule has 0 aliphatic carbocycles. The molecule has 2 aromatic rings. The van der Waals surface area contributed by atoms with Crippen LogP contribution in [0, 0.1) is 0 Å². The quantitative estimate of drug-likeness (QED) is 0.439. The summed E-state index contributed by atoms with van der Waals surface area (Å²) in [7, 11) is -7.79. The maximum atomic E-state index is 13.1. The van der Waals surface area contributed by atoms with Gasteiger partial charge < -0.3 is 4.74 Å². The lowest BCUT2D eigenvalue weighted by molar-refractivity contribution is -0.205. The highest BCUT2D eigenvalue weighted by Crippen LogP contribution is 2.35. The molecule has 0 amide bonds. The van der Waals surface area contributed by atoms with E-state index in [2.05, 4.69) is 4.74 Å². The number of benzene rings is 2. The van der Waals surface area contributed by atoms with Gasteiger partial charge in [-0.1, -0.05) is 42.5 Å². The molecule has 3 rings (SSSR count). The van der Waals surface area contributed by atoms with Crippen LogP contribution in [0.5, 0.6) is 0 Å². The fraction of sp³-hybridized carbons (Fsp3) is 0.381. The molecular formula is C21H23F3N2O6S2. The summed E-state index contributed by atoms with van der Waals surface area (Å²) >= 11 is 0. The van der Waals surface area contributed by atoms with Crippen LogP contribution in [0.4, 0.5) is 13.2 Å². The Morgan fingerprint density at radius 2 is 1.76 bits per heavy atom. The minimum absolute atomic E-state index is 0.126. The van der Waals surface area contributed by atoms with Crippen LogP contribution in [0.15, 0.2) is 59.5 Å². The van der Waals surface area contributed by atoms with Crippen LogP contribution in [0.25, 0.3) is 0 Å². The predicted molar refractivity (Wildman–Crippen MR) is 117 cm³/mol. The Kier molecular flexibility index (Phi) is 7.41. The molecule has 186 valence electrons. The first-order valence-corrected chi connectivity index (χ1v) is 13.6. The lowest BCUT2D eigenvalue weighted by Gasteiger charge is -2.22. The van der Waals surface area contributed by atoms with Crippen LogP contribution in [0.3, 0.4) is 0 Å². The van der Waals surface area contributed by atoms with Gasteiger partial charge in [-0.3, -0.25) is 5.73 Å². The van der Waals surface area contributed by atoms with Gasteiger partial charge in [-0.25, -0.2) is 21.6 Å². The first-order valence-electron chi connectivity index (χ1n) is 10.1. The van der Waals surface area contributed by atoms with Gasteiger partial charge in [0, 0.05) is 18.2 Å². The Morgan fingerprint density at radius 3 is 2.35 bits per heavy atom. The molecule has 0 radical (unpaired) electrons. The second kappa shape index (κ2) is 9.64. The number of hydrogen-bond donors (Lipinski definition) is 1. The third-order valence-electron chi connectivity index (χ3n) is 5.48. The lowest BCUT2D eigenvalue weighted by atomic mass is 9.97. The van der Waals surface area contributed by atoms with Gasteiger partial charge in [-0.15, -0.1) is 0 Å². The number of esters is 1. The van der Waals surface area contributed by atoms with E-state index in [0.29, 0.717) is 0 Å². The van der Waals surface area contributed by atoms with E-state index >= 15 is 0 Å². The Bertz CT molecular complexity index is 1250. The molecule has 0 spiro atoms. The summed E-state index contributed by atoms with van der Waals surface area (Å²) in [5.41, 5.74) is 6.23. The van der Waals surface area contributed by atoms with Gasteiger partial charge in [-0.2, -0.15) is 17.5 Å². The van der Waals surface area contributed by atoms with Crippen molar-refractivity contribution in [3.05, 3.63) is 65.7 Å². The van der Waals surface area contributed by atoms with Crippen LogP contribution in [0.1, 0.15) is 29.7 Å². The summed E-state index contributed by atoms with van der Waals surface area (Å²) < 4.78 is 93.5. The molecule has 1 aliphatic heterocycles. The van der Waals surface area contributed by atoms with Gasteiger partial charge in [-0.05, 0) is 30.0 Å². The Hall–Kier alpha value is -2.48. The van der Waals surface area contributed by atoms with Crippen molar-refractivity contribution in [2.24, 2.45) is 5.73 Å². The van der Waals surface area contributed by atoms with Gasteiger partial charge in [0.05, 0.1) is 16.9 Å². The van der Waals surface area contributed by atoms with Gasteiger partial charge in [0.15, 0.2) is 16.1 Å². The molecule has 8 nitrogen and oxygen atoms in total. The number of halogens is 3. The van der Waals surface area contributed by atoms with Crippen molar-refractivity contribution in [3.63, 3.8) is 0 Å². The average Bonchev–Trinajstić information content (AvgIpc) is 3.17. The standard InChI is InChI=1S/C21H23F3N2O6S2/c1-33(28,29)26-12-16(14-6-3-2-4-7-14)10-17(26)13-34(30,31)18-9-5-8-15(11-18)19(25)32-20(27)21(22,23)24/h2-9,11,16-17,19H,10,12-13,25H2,1H3/t16-,17-,19?/m0/s1. The largest absolute Gasteiger partial charge is 0.490 e. The topological polar surface area (TPSA) is 124 Å². The molecule has 0 saturated carbocycles. The van der Waals surface area contributed by atoms with Crippen molar-refractivity contribution < 1.29 is 39.5 Å². The molecular weight excluding hydrogens is 497 g/mol. The minimum Gasteiger partial charge on any atom is -0.436 e. The van der Waals surface area contributed by atoms with Crippen molar-refractivity contribution >= 4 is 25.8 Å². The van der Waals surface area contributed by atoms with E-state index in [-0.39, 0.29) is 29.3 Å². The van der Waals surface area contributed by atoms with E-state index in [1.807, 2.05) is 30.3 Å². The van der Waals surface area contributed by atoms with E-state index < -0.39 is 50.0 Å². The molecule has 34 heavy (non-hydrogen) atoms. The van der Waals surface area contributed by atoms with Crippen LogP contribution in [-0.4, -0.2) is 57.9 Å². The first-order chi connectivity index (χ1) is 15.7. The number of nitrogens with zero attached hydrogens (tertiary/aromatic N) is 1. The summed E-state index contributed by atoms with van der Waals surface area (Å²) in [4.78, 5) is 10.8. The van der Waals surface area contributed by atoms with Crippen molar-refractivity contribution in [1.29, 1.82) is 0 Å². The van der Waals surface area contributed by atoms with Crippen LogP contribution in [-0.2, 0) is 29.4 Å². The highest BCUT2D eigenvalue weighted by atomic mass is 32.2. The third kappa shape index (κ3) is 6.14. The Labute approximate surface area is 195 Å². The van der Waals surface area contributed by atoms with E-state index in [9.17, 15) is 34.8 Å². The number of alkyl halides is 3. The summed E-state index contributed by atoms with van der Waals surface area (Å²) in [6.07, 6.45) is -5.81. The number of rotatable bonds is 7. The molecule has 0 bridgehead atoms. The Morgan fingerprint density at radius 1 is 1.12 bits per heavy atom. The van der Waals surface area contributed by atoms with Gasteiger partial charge in [0.2, 0.25) is 10.0 Å². The van der Waals surface area contributed by atoms with Crippen LogP contribution < -0.4 is 5.73 Å². The van der Waals surface area contributed by atoms with Gasteiger partial charge in [0.1, 0.15) is 0 Å². The van der Waals surface area contributed by atoms with E-state index in [0.717, 1.165) is 22.2 Å². The van der Waals surface area contributed by atoms with Gasteiger partial charge in [0.25, 0.3) is 0 Å². The number of ether oxygens (including phenoxy) is 1. The highest BCUT2D eigenvalue weighted by molar-refractivity contribution is 7.91. The van der Waals surface area contributed by atoms with Crippen molar-refractivity contribution in [2.45, 2.75) is 35.7 Å². The molecule has 2 aromatic carbocycles. The lowest BCUT2D eigenvalue weighted by Crippen LogP contribution is -2.39. The second-order valence-electron chi connectivity index (χ2n) is 8.01. The van der Waals surface area contributed by atoms with Crippen molar-refractivity contribution in [2.75, 3.05) is 18.6 Å². The molecule has 1 aliphatic rings. The molecule has 1 saturated heterocycles. The van der Waals surface area contributed by atoms with Crippen molar-refractivity contribution in [1.82, 2.24) is 4.31 Å². The molecule has 2 N–H and O–H groups in total. The zero-order valence-corrected chi connectivity index (χ0v) is 19.6. The van der Waals surface area contributed by atoms with Gasteiger partial charge >= 0.3 is 12.1 Å². The smallest absolute Gasteiger partial charge is 0.436 e. The fourth-order valence-corrected chi connectivity index (χ4v) is 6.76. The SMILES string of the molecule is CS(=O)(=O)N1C[C@@H](c2ccccc2)C[C@H]1CS(=O)(=O)c1cccc(C(N)OC(=O)C(F)(F)F)c1. The zero-order valence-electron chi connectivity index (χ0n) is 18.0. The van der Waals surface area contributed by atoms with Crippen LogP contribution >= 0.6 is 0 Å². The molecule has 0 aromatic heterocycles. The summed E-state index contributed by atoms with van der Waals surface area (Å²) in [6, 6.07) is 13.0. The number of sulfone groups is 1. The maximum Gasteiger partial charge on any atom is 0.490 e. The molecule has 3 atom stereocenters. The Balaban J connectivity index is 1.83. The maximum absolute atomic E-state index is 13.1. The summed E-state index contributed by atoms with van der Waals surface area (Å²) in [5.74, 6) is -3.24. The van der Waals surface area contributed by atoms with Crippen LogP contribution in [0.2, 0.25) is 0 Å². The zero-order chi connectivity index (χ0) is 25.3.